The van der Waals surface area contributed by atoms with E-state index in [9.17, 15) is 4.39 Å². The number of ether oxygens (including phenoxy) is 1. The fraction of sp³-hybridized carbons (Fsp3) is 0.333. The van der Waals surface area contributed by atoms with Crippen LogP contribution in [0, 0.1) is 5.82 Å². The van der Waals surface area contributed by atoms with Gasteiger partial charge in [-0.25, -0.2) is 4.39 Å². The van der Waals surface area contributed by atoms with Crippen molar-refractivity contribution < 1.29 is 13.7 Å². The molecule has 2 aromatic rings. The number of methoxy groups -OCH3 is 1. The van der Waals surface area contributed by atoms with E-state index in [2.05, 4.69) is 10.1 Å². The van der Waals surface area contributed by atoms with Crippen LogP contribution in [0.25, 0.3) is 11.4 Å². The third-order valence-corrected chi connectivity index (χ3v) is 2.63. The van der Waals surface area contributed by atoms with Crippen molar-refractivity contribution in [2.45, 2.75) is 19.9 Å². The van der Waals surface area contributed by atoms with Gasteiger partial charge in [-0.05, 0) is 18.6 Å². The lowest BCUT2D eigenvalue weighted by molar-refractivity contribution is 0.380. The highest BCUT2D eigenvalue weighted by Gasteiger charge is 2.14. The van der Waals surface area contributed by atoms with Gasteiger partial charge >= 0.3 is 0 Å². The molecule has 1 heterocycles. The fourth-order valence-electron chi connectivity index (χ4n) is 1.72. The first-order valence-corrected chi connectivity index (χ1v) is 5.59. The summed E-state index contributed by atoms with van der Waals surface area (Å²) in [6, 6.07) is 3.06. The lowest BCUT2D eigenvalue weighted by Crippen LogP contribution is -1.97. The molecule has 0 amide bonds. The van der Waals surface area contributed by atoms with Gasteiger partial charge in [0.15, 0.2) is 0 Å². The van der Waals surface area contributed by atoms with E-state index in [4.69, 9.17) is 15.0 Å². The summed E-state index contributed by atoms with van der Waals surface area (Å²) in [5.74, 6) is 0.747. The average Bonchev–Trinajstić information content (AvgIpc) is 2.86. The van der Waals surface area contributed by atoms with Gasteiger partial charge in [0, 0.05) is 11.1 Å². The zero-order chi connectivity index (χ0) is 13.1. The fourth-order valence-corrected chi connectivity index (χ4v) is 1.72. The van der Waals surface area contributed by atoms with Gasteiger partial charge in [-0.3, -0.25) is 0 Å². The number of hydrogen-bond acceptors (Lipinski definition) is 5. The standard InChI is InChI=1S/C12H14FN3O2/c1-3-8-9(13)4-7(5-10(8)17-2)12-15-11(6-14)18-16-12/h4-5H,3,6,14H2,1-2H3. The van der Waals surface area contributed by atoms with Gasteiger partial charge in [-0.15, -0.1) is 0 Å². The van der Waals surface area contributed by atoms with Crippen LogP contribution in [0.5, 0.6) is 5.75 Å². The minimum absolute atomic E-state index is 0.152. The summed E-state index contributed by atoms with van der Waals surface area (Å²) in [5.41, 5.74) is 6.41. The van der Waals surface area contributed by atoms with Gasteiger partial charge in [0.1, 0.15) is 11.6 Å². The van der Waals surface area contributed by atoms with Gasteiger partial charge in [0.2, 0.25) is 11.7 Å². The molecule has 5 nitrogen and oxygen atoms in total. The van der Waals surface area contributed by atoms with Crippen molar-refractivity contribution in [3.63, 3.8) is 0 Å². The molecule has 0 fully saturated rings. The Bertz CT molecular complexity index is 554. The zero-order valence-corrected chi connectivity index (χ0v) is 10.2. The highest BCUT2D eigenvalue weighted by molar-refractivity contribution is 5.59. The minimum Gasteiger partial charge on any atom is -0.496 e. The lowest BCUT2D eigenvalue weighted by atomic mass is 10.1. The quantitative estimate of drug-likeness (QED) is 0.898. The Labute approximate surface area is 104 Å². The molecule has 0 bridgehead atoms. The second-order valence-electron chi connectivity index (χ2n) is 3.71. The first-order valence-electron chi connectivity index (χ1n) is 5.59. The predicted octanol–water partition coefficient (Wildman–Crippen LogP) is 1.91. The molecule has 1 aromatic carbocycles. The zero-order valence-electron chi connectivity index (χ0n) is 10.2. The molecule has 0 aliphatic carbocycles. The Morgan fingerprint density at radius 2 is 2.22 bits per heavy atom. The maximum atomic E-state index is 13.9. The maximum absolute atomic E-state index is 13.9. The Morgan fingerprint density at radius 3 is 2.78 bits per heavy atom. The second kappa shape index (κ2) is 5.14. The van der Waals surface area contributed by atoms with Crippen molar-refractivity contribution in [1.82, 2.24) is 10.1 Å². The molecular weight excluding hydrogens is 237 g/mol. The van der Waals surface area contributed by atoms with Crippen LogP contribution < -0.4 is 10.5 Å². The average molecular weight is 251 g/mol. The van der Waals surface area contributed by atoms with Crippen LogP contribution in [-0.4, -0.2) is 17.3 Å². The normalized spacial score (nSPS) is 10.7. The Morgan fingerprint density at radius 1 is 1.44 bits per heavy atom. The van der Waals surface area contributed by atoms with Crippen LogP contribution in [0.1, 0.15) is 18.4 Å². The Balaban J connectivity index is 2.48. The van der Waals surface area contributed by atoms with E-state index in [1.165, 1.54) is 13.2 Å². The minimum atomic E-state index is -0.342. The van der Waals surface area contributed by atoms with Gasteiger partial charge < -0.3 is 15.0 Å². The summed E-state index contributed by atoms with van der Waals surface area (Å²) in [7, 11) is 1.50. The Hall–Kier alpha value is -1.95. The van der Waals surface area contributed by atoms with Crippen LogP contribution in [0.15, 0.2) is 16.7 Å². The smallest absolute Gasteiger partial charge is 0.240 e. The van der Waals surface area contributed by atoms with Crippen molar-refractivity contribution in [3.05, 3.63) is 29.4 Å². The number of benzene rings is 1. The molecule has 0 saturated heterocycles. The number of aromatic nitrogens is 2. The van der Waals surface area contributed by atoms with Gasteiger partial charge in [-0.2, -0.15) is 4.98 Å². The largest absolute Gasteiger partial charge is 0.496 e. The second-order valence-corrected chi connectivity index (χ2v) is 3.71. The highest BCUT2D eigenvalue weighted by Crippen LogP contribution is 2.28. The molecule has 1 aromatic heterocycles. The molecular formula is C12H14FN3O2. The number of hydrogen-bond donors (Lipinski definition) is 1. The van der Waals surface area contributed by atoms with Crippen molar-refractivity contribution in [1.29, 1.82) is 0 Å². The van der Waals surface area contributed by atoms with Crippen LogP contribution in [0.2, 0.25) is 0 Å². The number of nitrogens with zero attached hydrogens (tertiary/aromatic N) is 2. The van der Waals surface area contributed by atoms with Gasteiger partial charge in [0.25, 0.3) is 0 Å². The van der Waals surface area contributed by atoms with E-state index in [1.54, 1.807) is 6.07 Å². The number of nitrogens with two attached hydrogens (primary N) is 1. The molecule has 0 aliphatic heterocycles. The summed E-state index contributed by atoms with van der Waals surface area (Å²) in [6.07, 6.45) is 0.551. The molecule has 96 valence electrons. The van der Waals surface area contributed by atoms with E-state index in [0.29, 0.717) is 35.0 Å². The SMILES string of the molecule is CCc1c(F)cc(-c2noc(CN)n2)cc1OC. The molecule has 6 heteroatoms. The summed E-state index contributed by atoms with van der Waals surface area (Å²) < 4.78 is 23.9. The number of rotatable bonds is 4. The van der Waals surface area contributed by atoms with E-state index in [1.807, 2.05) is 6.92 Å². The first kappa shape index (κ1) is 12.5. The third-order valence-electron chi connectivity index (χ3n) is 2.63. The summed E-state index contributed by atoms with van der Waals surface area (Å²) in [4.78, 5) is 4.05. The van der Waals surface area contributed by atoms with Crippen LogP contribution in [0.4, 0.5) is 4.39 Å². The summed E-state index contributed by atoms with van der Waals surface area (Å²) >= 11 is 0. The molecule has 0 unspecified atom stereocenters. The predicted molar refractivity (Wildman–Crippen MR) is 63.5 cm³/mol. The van der Waals surface area contributed by atoms with Crippen molar-refractivity contribution >= 4 is 0 Å². The molecule has 18 heavy (non-hydrogen) atoms. The van der Waals surface area contributed by atoms with Gasteiger partial charge in [0.05, 0.1) is 13.7 Å². The monoisotopic (exact) mass is 251 g/mol. The van der Waals surface area contributed by atoms with Gasteiger partial charge in [-0.1, -0.05) is 12.1 Å². The van der Waals surface area contributed by atoms with Crippen LogP contribution in [-0.2, 0) is 13.0 Å². The van der Waals surface area contributed by atoms with Crippen LogP contribution in [0.3, 0.4) is 0 Å². The first-order chi connectivity index (χ1) is 8.69. The van der Waals surface area contributed by atoms with Crippen molar-refractivity contribution in [2.75, 3.05) is 7.11 Å². The molecule has 0 aliphatic rings. The van der Waals surface area contributed by atoms with Crippen molar-refractivity contribution in [2.24, 2.45) is 5.73 Å². The van der Waals surface area contributed by atoms with Crippen LogP contribution >= 0.6 is 0 Å². The molecule has 0 radical (unpaired) electrons. The molecule has 2 rings (SSSR count). The number of halogens is 1. The topological polar surface area (TPSA) is 74.2 Å². The lowest BCUT2D eigenvalue weighted by Gasteiger charge is -2.09. The molecule has 2 N–H and O–H groups in total. The summed E-state index contributed by atoms with van der Waals surface area (Å²) in [5, 5.41) is 3.74. The molecule has 0 saturated carbocycles. The Kier molecular flexibility index (Phi) is 3.57. The third kappa shape index (κ3) is 2.19. The molecule has 0 spiro atoms. The van der Waals surface area contributed by atoms with E-state index in [0.717, 1.165) is 0 Å². The van der Waals surface area contributed by atoms with Crippen molar-refractivity contribution in [3.8, 4) is 17.1 Å². The van der Waals surface area contributed by atoms with E-state index >= 15 is 0 Å². The van der Waals surface area contributed by atoms with E-state index < -0.39 is 0 Å². The van der Waals surface area contributed by atoms with E-state index in [-0.39, 0.29) is 12.4 Å². The highest BCUT2D eigenvalue weighted by atomic mass is 19.1. The summed E-state index contributed by atoms with van der Waals surface area (Å²) in [6.45, 7) is 2.02. The maximum Gasteiger partial charge on any atom is 0.240 e. The molecule has 0 atom stereocenters.